The van der Waals surface area contributed by atoms with Crippen molar-refractivity contribution in [3.05, 3.63) is 95.1 Å². The van der Waals surface area contributed by atoms with Crippen molar-refractivity contribution in [2.45, 2.75) is 6.42 Å². The fourth-order valence-corrected chi connectivity index (χ4v) is 4.10. The monoisotopic (exact) mass is 371 g/mol. The molecular weight excluding hydrogens is 349 g/mol. The van der Waals surface area contributed by atoms with Crippen LogP contribution in [0.5, 0.6) is 0 Å². The lowest BCUT2D eigenvalue weighted by Gasteiger charge is -2.18. The summed E-state index contributed by atoms with van der Waals surface area (Å²) in [5, 5.41) is 4.70. The van der Waals surface area contributed by atoms with Gasteiger partial charge in [0.25, 0.3) is 0 Å². The molecule has 140 valence electrons. The minimum Gasteiger partial charge on any atom is -0.384 e. The lowest BCUT2D eigenvalue weighted by atomic mass is 9.95. The summed E-state index contributed by atoms with van der Waals surface area (Å²) >= 11 is 0. The van der Waals surface area contributed by atoms with Crippen molar-refractivity contribution in [2.24, 2.45) is 0 Å². The highest BCUT2D eigenvalue weighted by Crippen LogP contribution is 2.32. The molecule has 2 aromatic carbocycles. The molecule has 2 aliphatic rings. The van der Waals surface area contributed by atoms with Crippen LogP contribution in [0.25, 0.3) is 16.5 Å². The first-order valence-electron chi connectivity index (χ1n) is 9.76. The average molecular weight is 371 g/mol. The molecule has 0 aliphatic carbocycles. The highest BCUT2D eigenvalue weighted by atomic mass is 19.1. The summed E-state index contributed by atoms with van der Waals surface area (Å²) in [6, 6.07) is 19.4. The number of hydrogen-bond donors (Lipinski definition) is 1. The van der Waals surface area contributed by atoms with Gasteiger partial charge in [0, 0.05) is 49.4 Å². The van der Waals surface area contributed by atoms with E-state index in [0.717, 1.165) is 49.4 Å². The molecule has 0 saturated carbocycles. The van der Waals surface area contributed by atoms with Crippen LogP contribution in [-0.4, -0.2) is 36.1 Å². The molecule has 0 unspecified atom stereocenters. The first kappa shape index (κ1) is 17.1. The average Bonchev–Trinajstić information content (AvgIpc) is 3.16. The number of rotatable bonds is 4. The number of benzene rings is 2. The van der Waals surface area contributed by atoms with Crippen molar-refractivity contribution in [1.29, 1.82) is 0 Å². The molecule has 3 aromatic rings. The third kappa shape index (κ3) is 3.32. The Balaban J connectivity index is 1.28. The summed E-state index contributed by atoms with van der Waals surface area (Å²) in [4.78, 5) is 7.25. The number of halogens is 1. The SMILES string of the molecule is Fc1ccc(C2=CCNC3=C2CN(CCc2ccc4ccccc4n2)C3)cc1. The highest BCUT2D eigenvalue weighted by Gasteiger charge is 2.26. The molecule has 0 radical (unpaired) electrons. The van der Waals surface area contributed by atoms with Gasteiger partial charge in [-0.25, -0.2) is 4.39 Å². The van der Waals surface area contributed by atoms with Gasteiger partial charge in [-0.1, -0.05) is 42.5 Å². The van der Waals surface area contributed by atoms with Crippen LogP contribution in [0.1, 0.15) is 11.3 Å². The molecule has 1 N–H and O–H groups in total. The Kier molecular flexibility index (Phi) is 4.41. The zero-order chi connectivity index (χ0) is 18.9. The Hall–Kier alpha value is -2.98. The van der Waals surface area contributed by atoms with E-state index in [1.165, 1.54) is 34.4 Å². The van der Waals surface area contributed by atoms with E-state index in [4.69, 9.17) is 4.98 Å². The Morgan fingerprint density at radius 1 is 0.964 bits per heavy atom. The van der Waals surface area contributed by atoms with E-state index in [2.05, 4.69) is 40.6 Å². The molecule has 0 fully saturated rings. The molecule has 4 heteroatoms. The second kappa shape index (κ2) is 7.21. The number of fused-ring (bicyclic) bond motifs is 1. The maximum absolute atomic E-state index is 13.3. The topological polar surface area (TPSA) is 28.2 Å². The van der Waals surface area contributed by atoms with Crippen LogP contribution >= 0.6 is 0 Å². The van der Waals surface area contributed by atoms with Crippen molar-refractivity contribution < 1.29 is 4.39 Å². The summed E-state index contributed by atoms with van der Waals surface area (Å²) in [6.07, 6.45) is 3.14. The molecule has 3 nitrogen and oxygen atoms in total. The molecule has 0 amide bonds. The Bertz CT molecular complexity index is 1080. The first-order chi connectivity index (χ1) is 13.8. The largest absolute Gasteiger partial charge is 0.384 e. The normalized spacial score (nSPS) is 16.8. The molecule has 0 atom stereocenters. The maximum Gasteiger partial charge on any atom is 0.123 e. The van der Waals surface area contributed by atoms with Gasteiger partial charge in [0.15, 0.2) is 0 Å². The van der Waals surface area contributed by atoms with Gasteiger partial charge in [0.1, 0.15) is 5.82 Å². The van der Waals surface area contributed by atoms with E-state index in [9.17, 15) is 4.39 Å². The van der Waals surface area contributed by atoms with Crippen molar-refractivity contribution in [3.63, 3.8) is 0 Å². The summed E-state index contributed by atoms with van der Waals surface area (Å²) in [7, 11) is 0. The molecule has 0 spiro atoms. The van der Waals surface area contributed by atoms with Gasteiger partial charge in [-0.15, -0.1) is 0 Å². The van der Waals surface area contributed by atoms with Crippen LogP contribution in [0, 0.1) is 5.82 Å². The zero-order valence-electron chi connectivity index (χ0n) is 15.7. The van der Waals surface area contributed by atoms with E-state index >= 15 is 0 Å². The van der Waals surface area contributed by atoms with Crippen LogP contribution in [0.15, 0.2) is 78.0 Å². The standard InChI is InChI=1S/C24H22FN3/c25-19-8-5-17(6-9-19)21-11-13-26-24-16-28(15-22(21)24)14-12-20-10-7-18-3-1-2-4-23(18)27-20/h1-11,26H,12-16H2. The first-order valence-corrected chi connectivity index (χ1v) is 9.76. The van der Waals surface area contributed by atoms with Gasteiger partial charge in [-0.05, 0) is 41.0 Å². The second-order valence-corrected chi connectivity index (χ2v) is 7.42. The van der Waals surface area contributed by atoms with E-state index in [1.54, 1.807) is 0 Å². The lowest BCUT2D eigenvalue weighted by Crippen LogP contribution is -2.26. The van der Waals surface area contributed by atoms with Gasteiger partial charge in [-0.3, -0.25) is 9.88 Å². The summed E-state index contributed by atoms with van der Waals surface area (Å²) in [5.41, 5.74) is 7.15. The minimum atomic E-state index is -0.191. The van der Waals surface area contributed by atoms with Crippen LogP contribution in [0.3, 0.4) is 0 Å². The fraction of sp³-hybridized carbons (Fsp3) is 0.208. The number of para-hydroxylation sites is 1. The van der Waals surface area contributed by atoms with E-state index < -0.39 is 0 Å². The van der Waals surface area contributed by atoms with Gasteiger partial charge < -0.3 is 5.32 Å². The summed E-state index contributed by atoms with van der Waals surface area (Å²) in [5.74, 6) is -0.191. The molecule has 0 saturated heterocycles. The Labute approximate surface area is 164 Å². The number of dihydropyridines is 1. The minimum absolute atomic E-state index is 0.191. The number of nitrogens with zero attached hydrogens (tertiary/aromatic N) is 2. The van der Waals surface area contributed by atoms with Crippen LogP contribution in [0.4, 0.5) is 4.39 Å². The van der Waals surface area contributed by atoms with Crippen LogP contribution in [-0.2, 0) is 6.42 Å². The highest BCUT2D eigenvalue weighted by molar-refractivity contribution is 5.82. The van der Waals surface area contributed by atoms with Crippen molar-refractivity contribution >= 4 is 16.5 Å². The van der Waals surface area contributed by atoms with Gasteiger partial charge in [-0.2, -0.15) is 0 Å². The van der Waals surface area contributed by atoms with Crippen molar-refractivity contribution in [3.8, 4) is 0 Å². The van der Waals surface area contributed by atoms with E-state index in [-0.39, 0.29) is 5.82 Å². The quantitative estimate of drug-likeness (QED) is 0.746. The van der Waals surface area contributed by atoms with Gasteiger partial charge >= 0.3 is 0 Å². The summed E-state index contributed by atoms with van der Waals surface area (Å²) in [6.45, 7) is 3.64. The predicted octanol–water partition coefficient (Wildman–Crippen LogP) is 4.17. The smallest absolute Gasteiger partial charge is 0.123 e. The number of pyridine rings is 1. The van der Waals surface area contributed by atoms with E-state index in [0.29, 0.717) is 0 Å². The van der Waals surface area contributed by atoms with Gasteiger partial charge in [0.05, 0.1) is 5.52 Å². The zero-order valence-corrected chi connectivity index (χ0v) is 15.7. The molecule has 2 aliphatic heterocycles. The van der Waals surface area contributed by atoms with Crippen molar-refractivity contribution in [2.75, 3.05) is 26.2 Å². The van der Waals surface area contributed by atoms with E-state index in [1.807, 2.05) is 24.3 Å². The van der Waals surface area contributed by atoms with Crippen LogP contribution in [0.2, 0.25) is 0 Å². The molecule has 0 bridgehead atoms. The number of hydrogen-bond acceptors (Lipinski definition) is 3. The number of aromatic nitrogens is 1. The summed E-state index contributed by atoms with van der Waals surface area (Å²) < 4.78 is 13.3. The third-order valence-corrected chi connectivity index (χ3v) is 5.57. The maximum atomic E-state index is 13.3. The fourth-order valence-electron chi connectivity index (χ4n) is 4.10. The van der Waals surface area contributed by atoms with Crippen LogP contribution < -0.4 is 5.32 Å². The Morgan fingerprint density at radius 3 is 2.71 bits per heavy atom. The number of nitrogens with one attached hydrogen (secondary N) is 1. The molecule has 28 heavy (non-hydrogen) atoms. The molecule has 1 aromatic heterocycles. The molecular formula is C24H22FN3. The predicted molar refractivity (Wildman–Crippen MR) is 111 cm³/mol. The molecule has 3 heterocycles. The molecule has 5 rings (SSSR count). The Morgan fingerprint density at radius 2 is 1.82 bits per heavy atom. The lowest BCUT2D eigenvalue weighted by molar-refractivity contribution is 0.346. The third-order valence-electron chi connectivity index (χ3n) is 5.57. The van der Waals surface area contributed by atoms with Crippen molar-refractivity contribution in [1.82, 2.24) is 15.2 Å². The second-order valence-electron chi connectivity index (χ2n) is 7.42. The van der Waals surface area contributed by atoms with Gasteiger partial charge in [0.2, 0.25) is 0 Å².